The zero-order chi connectivity index (χ0) is 44.2. The first-order valence-electron chi connectivity index (χ1n) is 23.2. The van der Waals surface area contributed by atoms with Crippen LogP contribution in [-0.2, 0) is 15.7 Å². The lowest BCUT2D eigenvalue weighted by Crippen LogP contribution is -2.67. The Morgan fingerprint density at radius 3 is 2.45 bits per heavy atom. The Bertz CT molecular complexity index is 2140. The van der Waals surface area contributed by atoms with Gasteiger partial charge in [-0.25, -0.2) is 4.79 Å². The van der Waals surface area contributed by atoms with Gasteiger partial charge in [0.05, 0.1) is 41.5 Å². The van der Waals surface area contributed by atoms with Crippen LogP contribution in [0.3, 0.4) is 0 Å². The Kier molecular flexibility index (Phi) is 11.0. The van der Waals surface area contributed by atoms with Gasteiger partial charge in [0, 0.05) is 34.0 Å². The predicted molar refractivity (Wildman–Crippen MR) is 229 cm³/mol. The number of fused-ring (bicyclic) bond motifs is 1. The Morgan fingerprint density at radius 2 is 1.73 bits per heavy atom. The molecule has 1 aliphatic heterocycles. The Morgan fingerprint density at radius 1 is 0.984 bits per heavy atom. The zero-order valence-electron chi connectivity index (χ0n) is 36.7. The number of hydrogen-bond donors (Lipinski definition) is 2. The minimum absolute atomic E-state index is 0.00145. The summed E-state index contributed by atoms with van der Waals surface area (Å²) >= 11 is 6.42. The van der Waals surface area contributed by atoms with E-state index in [1.54, 1.807) is 4.90 Å². The second-order valence-corrected chi connectivity index (χ2v) is 21.7. The quantitative estimate of drug-likeness (QED) is 0.191. The molecule has 2 heterocycles. The molecule has 1 unspecified atom stereocenters. The molecule has 7 aliphatic carbocycles. The molecule has 338 valence electrons. The van der Waals surface area contributed by atoms with Gasteiger partial charge in [-0.15, -0.1) is 0 Å². The third-order valence-corrected chi connectivity index (χ3v) is 18.0. The number of halogens is 4. The summed E-state index contributed by atoms with van der Waals surface area (Å²) in [6, 6.07) is 6.03. The van der Waals surface area contributed by atoms with Gasteiger partial charge < -0.3 is 29.0 Å². The van der Waals surface area contributed by atoms with E-state index in [0.29, 0.717) is 69.1 Å². The average Bonchev–Trinajstić information content (AvgIpc) is 3.97. The second-order valence-electron chi connectivity index (χ2n) is 21.3. The van der Waals surface area contributed by atoms with Gasteiger partial charge in [0.25, 0.3) is 0 Å². The summed E-state index contributed by atoms with van der Waals surface area (Å²) in [4.78, 5) is 31.5. The highest BCUT2D eigenvalue weighted by Gasteiger charge is 2.75. The number of furan rings is 1. The molecular weight excluding hydrogens is 819 g/mol. The van der Waals surface area contributed by atoms with Gasteiger partial charge in [0.2, 0.25) is 5.78 Å². The monoisotopic (exact) mass is 881 g/mol. The normalized spacial score (nSPS) is 39.9. The van der Waals surface area contributed by atoms with E-state index in [1.165, 1.54) is 18.2 Å². The number of alkyl halides is 3. The van der Waals surface area contributed by atoms with Gasteiger partial charge in [0.15, 0.2) is 5.76 Å². The summed E-state index contributed by atoms with van der Waals surface area (Å²) in [5.74, 6) is 0.554. The lowest BCUT2D eigenvalue weighted by atomic mass is 9.32. The Hall–Kier alpha value is -3.12. The van der Waals surface area contributed by atoms with E-state index in [-0.39, 0.29) is 69.8 Å². The fourth-order valence-corrected chi connectivity index (χ4v) is 14.4. The van der Waals surface area contributed by atoms with Crippen LogP contribution in [-0.4, -0.2) is 70.6 Å². The molecule has 12 heteroatoms. The largest absolute Gasteiger partial charge is 0.453 e. The zero-order valence-corrected chi connectivity index (χ0v) is 37.5. The van der Waals surface area contributed by atoms with Gasteiger partial charge in [-0.1, -0.05) is 70.9 Å². The topological polar surface area (TPSA) is 109 Å². The first kappa shape index (κ1) is 44.1. The van der Waals surface area contributed by atoms with Gasteiger partial charge in [0.1, 0.15) is 11.9 Å². The molecule has 1 saturated heterocycles. The summed E-state index contributed by atoms with van der Waals surface area (Å²) in [6.07, 6.45) is 9.58. The van der Waals surface area contributed by atoms with Crippen LogP contribution in [0.1, 0.15) is 128 Å². The van der Waals surface area contributed by atoms with Crippen molar-refractivity contribution in [2.75, 3.05) is 19.7 Å². The van der Waals surface area contributed by atoms with E-state index in [9.17, 15) is 28.2 Å². The van der Waals surface area contributed by atoms with E-state index < -0.39 is 45.8 Å². The number of ether oxygens (including phenoxy) is 2. The van der Waals surface area contributed by atoms with E-state index in [0.717, 1.165) is 50.7 Å². The van der Waals surface area contributed by atoms with Crippen molar-refractivity contribution in [3.8, 4) is 11.3 Å². The van der Waals surface area contributed by atoms with Crippen LogP contribution in [0, 0.1) is 51.2 Å². The highest BCUT2D eigenvalue weighted by molar-refractivity contribution is 6.33. The van der Waals surface area contributed by atoms with Crippen molar-refractivity contribution in [2.24, 2.45) is 51.2 Å². The van der Waals surface area contributed by atoms with Crippen LogP contribution < -0.4 is 0 Å². The lowest BCUT2D eigenvalue weighted by molar-refractivity contribution is -0.176. The van der Waals surface area contributed by atoms with Crippen LogP contribution in [0.25, 0.3) is 11.3 Å². The lowest BCUT2D eigenvalue weighted by Gasteiger charge is -2.71. The van der Waals surface area contributed by atoms with Crippen LogP contribution >= 0.6 is 11.6 Å². The van der Waals surface area contributed by atoms with Crippen molar-refractivity contribution in [3.63, 3.8) is 0 Å². The predicted octanol–water partition coefficient (Wildman–Crippen LogP) is 11.5. The van der Waals surface area contributed by atoms with Crippen molar-refractivity contribution in [3.05, 3.63) is 70.5 Å². The van der Waals surface area contributed by atoms with Crippen LogP contribution in [0.5, 0.6) is 0 Å². The van der Waals surface area contributed by atoms with Gasteiger partial charge in [-0.2, -0.15) is 13.2 Å². The van der Waals surface area contributed by atoms with E-state index in [4.69, 9.17) is 25.5 Å². The maximum atomic E-state index is 15.2. The Labute approximate surface area is 368 Å². The van der Waals surface area contributed by atoms with Crippen molar-refractivity contribution >= 4 is 23.5 Å². The molecule has 62 heavy (non-hydrogen) atoms. The van der Waals surface area contributed by atoms with Crippen molar-refractivity contribution in [1.29, 1.82) is 0 Å². The molecule has 2 bridgehead atoms. The molecule has 10 rings (SSSR count). The highest BCUT2D eigenvalue weighted by atomic mass is 35.5. The molecule has 8 aliphatic rings. The van der Waals surface area contributed by atoms with Crippen molar-refractivity contribution in [2.45, 2.75) is 142 Å². The third kappa shape index (κ3) is 6.86. The first-order valence-corrected chi connectivity index (χ1v) is 23.5. The number of hydrogen-bond acceptors (Lipinski definition) is 7. The van der Waals surface area contributed by atoms with Crippen molar-refractivity contribution < 1.29 is 46.9 Å². The van der Waals surface area contributed by atoms with E-state index in [2.05, 4.69) is 52.8 Å². The number of Topliss-reactive ketones (excluding diaryl/α,β-unsaturated/α-hetero) is 1. The third-order valence-electron chi connectivity index (χ3n) is 17.7. The van der Waals surface area contributed by atoms with Gasteiger partial charge in [-0.3, -0.25) is 4.79 Å². The van der Waals surface area contributed by atoms with Gasteiger partial charge >= 0.3 is 12.3 Å². The Balaban J connectivity index is 1.07. The SMILES string of the molecule is CC(C)[C@H]1CC[C@H](C)C[C@@H]1OC(=O)N(C[C@H]1CCCO1)C[C@]1(O)CC[C@H]2[C@]34C=C[C@@]5(C=C3C(=O)c3ccc(-c6cc(C(F)(F)F)ccc6Cl)o3)CC(O)CC[C@]5(C)[C@H]4CC[C@@]21C. The number of nitrogens with zero attached hydrogens (tertiary/aromatic N) is 1. The summed E-state index contributed by atoms with van der Waals surface area (Å²) in [5.41, 5.74) is -4.05. The molecule has 1 aromatic heterocycles. The van der Waals surface area contributed by atoms with Crippen LogP contribution in [0.2, 0.25) is 5.02 Å². The maximum Gasteiger partial charge on any atom is 0.416 e. The number of carbonyl (C=O) groups excluding carboxylic acids is 2. The smallest absolute Gasteiger partial charge is 0.416 e. The molecule has 4 saturated carbocycles. The number of aliphatic hydroxyl groups excluding tert-OH is 1. The molecule has 12 atom stereocenters. The molecule has 2 spiro atoms. The molecular formula is C50H63ClF3NO7. The molecule has 2 N–H and O–H groups in total. The van der Waals surface area contributed by atoms with Crippen LogP contribution in [0.15, 0.2) is 58.6 Å². The standard InChI is InChI=1S/C50H63ClF3NO7/c1-29(2)34-10-8-30(3)23-40(34)62-44(58)55(27-33-7-6-22-60-33)28-48(59)19-16-42-46(48,5)18-15-41-45(4)17-14-32(56)25-47(45)20-21-49(41,42)36(26-47)43(57)39-13-12-38(61-39)35-24-31(50(52,53)54)9-11-37(35)51/h9,11-13,20-21,24,26,29-30,32-34,40-42,56,59H,6-8,10,14-19,22-23,25,27-28H2,1-5H3/t30-,32?,33+,34+,40-,41+,42+,45+,46-,47-,48+,49+/m0/s1. The van der Waals surface area contributed by atoms with E-state index >= 15 is 4.79 Å². The number of carbonyl (C=O) groups is 2. The number of amides is 1. The van der Waals surface area contributed by atoms with Gasteiger partial charge in [-0.05, 0) is 136 Å². The number of benzene rings is 1. The first-order chi connectivity index (χ1) is 29.2. The molecule has 1 amide bonds. The minimum Gasteiger partial charge on any atom is -0.453 e. The van der Waals surface area contributed by atoms with E-state index in [1.807, 2.05) is 0 Å². The average molecular weight is 883 g/mol. The highest BCUT2D eigenvalue weighted by Crippen LogP contribution is 2.78. The summed E-state index contributed by atoms with van der Waals surface area (Å²) in [6.45, 7) is 12.1. The number of rotatable bonds is 9. The molecule has 0 radical (unpaired) electrons. The summed E-state index contributed by atoms with van der Waals surface area (Å²) < 4.78 is 60.0. The molecule has 5 fully saturated rings. The summed E-state index contributed by atoms with van der Waals surface area (Å²) in [5, 5.41) is 24.5. The minimum atomic E-state index is -4.60. The number of aliphatic hydroxyl groups is 2. The molecule has 8 nitrogen and oxygen atoms in total. The second kappa shape index (κ2) is 15.5. The fourth-order valence-electron chi connectivity index (χ4n) is 14.2. The maximum absolute atomic E-state index is 15.2. The molecule has 1 aromatic carbocycles. The summed E-state index contributed by atoms with van der Waals surface area (Å²) in [7, 11) is 0. The van der Waals surface area contributed by atoms with Crippen LogP contribution in [0.4, 0.5) is 18.0 Å². The van der Waals surface area contributed by atoms with Crippen molar-refractivity contribution in [1.82, 2.24) is 4.90 Å². The molecule has 2 aromatic rings. The number of allylic oxidation sites excluding steroid dienone is 4. The number of ketones is 1. The fraction of sp³-hybridized carbons (Fsp3) is 0.680.